The molecule has 0 heterocycles. The third-order valence-electron chi connectivity index (χ3n) is 3.96. The van der Waals surface area contributed by atoms with Crippen LogP contribution >= 0.6 is 0 Å². The highest BCUT2D eigenvalue weighted by molar-refractivity contribution is 5.10. The van der Waals surface area contributed by atoms with E-state index in [9.17, 15) is 0 Å². The van der Waals surface area contributed by atoms with E-state index in [1.54, 1.807) is 7.11 Å². The van der Waals surface area contributed by atoms with Gasteiger partial charge in [-0.15, -0.1) is 0 Å². The molecular formula is C12H23NO2. The van der Waals surface area contributed by atoms with Gasteiger partial charge in [0, 0.05) is 26.2 Å². The summed E-state index contributed by atoms with van der Waals surface area (Å²) in [7, 11) is 3.58. The van der Waals surface area contributed by atoms with E-state index in [1.165, 1.54) is 19.3 Å². The lowest BCUT2D eigenvalue weighted by Crippen LogP contribution is -2.25. The van der Waals surface area contributed by atoms with Crippen LogP contribution in [0.3, 0.4) is 0 Å². The summed E-state index contributed by atoms with van der Waals surface area (Å²) in [5, 5.41) is 3.46. The smallest absolute Gasteiger partial charge is 0.0587 e. The Morgan fingerprint density at radius 1 is 1.27 bits per heavy atom. The van der Waals surface area contributed by atoms with Gasteiger partial charge in [-0.05, 0) is 37.6 Å². The molecule has 0 radical (unpaired) electrons. The van der Waals surface area contributed by atoms with Crippen molar-refractivity contribution < 1.29 is 9.47 Å². The fourth-order valence-corrected chi connectivity index (χ4v) is 2.85. The first-order valence-electron chi connectivity index (χ1n) is 6.02. The van der Waals surface area contributed by atoms with Gasteiger partial charge in [-0.1, -0.05) is 0 Å². The van der Waals surface area contributed by atoms with Crippen LogP contribution in [0.5, 0.6) is 0 Å². The van der Waals surface area contributed by atoms with Crippen LogP contribution in [0.4, 0.5) is 0 Å². The Kier molecular flexibility index (Phi) is 3.65. The second kappa shape index (κ2) is 4.81. The maximum atomic E-state index is 5.38. The Hall–Kier alpha value is -0.120. The molecular weight excluding hydrogens is 190 g/mol. The molecule has 3 nitrogen and oxygen atoms in total. The highest BCUT2D eigenvalue weighted by Gasteiger charge is 2.61. The van der Waals surface area contributed by atoms with Crippen molar-refractivity contribution in [1.82, 2.24) is 5.32 Å². The lowest BCUT2D eigenvalue weighted by Gasteiger charge is -2.15. The largest absolute Gasteiger partial charge is 0.384 e. The Labute approximate surface area is 92.5 Å². The molecule has 0 aromatic rings. The van der Waals surface area contributed by atoms with Crippen LogP contribution in [0.1, 0.15) is 19.3 Å². The molecule has 2 rings (SSSR count). The van der Waals surface area contributed by atoms with Crippen molar-refractivity contribution in [1.29, 1.82) is 0 Å². The Morgan fingerprint density at radius 2 is 2.07 bits per heavy atom. The van der Waals surface area contributed by atoms with Gasteiger partial charge in [0.1, 0.15) is 0 Å². The van der Waals surface area contributed by atoms with Crippen LogP contribution in [-0.2, 0) is 9.47 Å². The van der Waals surface area contributed by atoms with Crippen LogP contribution in [-0.4, -0.2) is 40.5 Å². The minimum Gasteiger partial charge on any atom is -0.384 e. The van der Waals surface area contributed by atoms with Crippen LogP contribution < -0.4 is 5.32 Å². The minimum absolute atomic E-state index is 0.550. The Bertz CT molecular complexity index is 206. The summed E-state index contributed by atoms with van der Waals surface area (Å²) in [6.07, 6.45) is 4.22. The number of methoxy groups -OCH3 is 2. The summed E-state index contributed by atoms with van der Waals surface area (Å²) >= 11 is 0. The average molecular weight is 213 g/mol. The van der Waals surface area contributed by atoms with E-state index >= 15 is 0 Å². The molecule has 2 unspecified atom stereocenters. The molecule has 0 aromatic heterocycles. The summed E-state index contributed by atoms with van der Waals surface area (Å²) in [5.74, 6) is 1.81. The van der Waals surface area contributed by atoms with Crippen molar-refractivity contribution in [2.75, 3.05) is 40.5 Å². The highest BCUT2D eigenvalue weighted by Crippen LogP contribution is 2.65. The van der Waals surface area contributed by atoms with Gasteiger partial charge in [-0.2, -0.15) is 0 Å². The van der Waals surface area contributed by atoms with E-state index in [-0.39, 0.29) is 0 Å². The van der Waals surface area contributed by atoms with Gasteiger partial charge < -0.3 is 14.8 Å². The van der Waals surface area contributed by atoms with Crippen molar-refractivity contribution >= 4 is 0 Å². The molecule has 0 aromatic carbocycles. The van der Waals surface area contributed by atoms with E-state index in [0.29, 0.717) is 5.41 Å². The molecule has 2 atom stereocenters. The van der Waals surface area contributed by atoms with Crippen molar-refractivity contribution in [2.45, 2.75) is 19.3 Å². The summed E-state index contributed by atoms with van der Waals surface area (Å²) < 4.78 is 10.4. The monoisotopic (exact) mass is 213 g/mol. The van der Waals surface area contributed by atoms with Crippen molar-refractivity contribution in [3.8, 4) is 0 Å². The SMILES string of the molecule is COCCNCC1CC1(COC)C1CC1. The van der Waals surface area contributed by atoms with Crippen LogP contribution in [0.25, 0.3) is 0 Å². The second-order valence-electron chi connectivity index (χ2n) is 5.04. The lowest BCUT2D eigenvalue weighted by atomic mass is 9.98. The van der Waals surface area contributed by atoms with Gasteiger partial charge in [-0.3, -0.25) is 0 Å². The molecule has 0 bridgehead atoms. The van der Waals surface area contributed by atoms with E-state index < -0.39 is 0 Å². The van der Waals surface area contributed by atoms with E-state index in [1.807, 2.05) is 7.11 Å². The number of rotatable bonds is 8. The molecule has 15 heavy (non-hydrogen) atoms. The highest BCUT2D eigenvalue weighted by atomic mass is 16.5. The zero-order valence-corrected chi connectivity index (χ0v) is 9.92. The molecule has 3 heteroatoms. The summed E-state index contributed by atoms with van der Waals surface area (Å²) in [6.45, 7) is 3.89. The number of ether oxygens (including phenoxy) is 2. The Morgan fingerprint density at radius 3 is 2.67 bits per heavy atom. The van der Waals surface area contributed by atoms with E-state index in [4.69, 9.17) is 9.47 Å². The minimum atomic E-state index is 0.550. The number of hydrogen-bond donors (Lipinski definition) is 1. The van der Waals surface area contributed by atoms with Gasteiger partial charge in [0.2, 0.25) is 0 Å². The predicted molar refractivity (Wildman–Crippen MR) is 59.9 cm³/mol. The average Bonchev–Trinajstić information content (AvgIpc) is 3.08. The molecule has 0 spiro atoms. The summed E-state index contributed by atoms with van der Waals surface area (Å²) in [5.41, 5.74) is 0.550. The first-order valence-corrected chi connectivity index (χ1v) is 6.02. The van der Waals surface area contributed by atoms with Crippen LogP contribution in [0, 0.1) is 17.3 Å². The molecule has 2 saturated carbocycles. The van der Waals surface area contributed by atoms with Gasteiger partial charge in [-0.25, -0.2) is 0 Å². The summed E-state index contributed by atoms with van der Waals surface area (Å²) in [6, 6.07) is 0. The Balaban J connectivity index is 1.67. The van der Waals surface area contributed by atoms with Crippen LogP contribution in [0.15, 0.2) is 0 Å². The first kappa shape index (κ1) is 11.4. The third kappa shape index (κ3) is 2.52. The fourth-order valence-electron chi connectivity index (χ4n) is 2.85. The molecule has 1 N–H and O–H groups in total. The van der Waals surface area contributed by atoms with Gasteiger partial charge >= 0.3 is 0 Å². The second-order valence-corrected chi connectivity index (χ2v) is 5.04. The lowest BCUT2D eigenvalue weighted by molar-refractivity contribution is 0.119. The maximum Gasteiger partial charge on any atom is 0.0587 e. The molecule has 0 amide bonds. The van der Waals surface area contributed by atoms with Gasteiger partial charge in [0.05, 0.1) is 13.2 Å². The fraction of sp³-hybridized carbons (Fsp3) is 1.00. The van der Waals surface area contributed by atoms with Gasteiger partial charge in [0.25, 0.3) is 0 Å². The maximum absolute atomic E-state index is 5.38. The van der Waals surface area contributed by atoms with Crippen LogP contribution in [0.2, 0.25) is 0 Å². The zero-order valence-electron chi connectivity index (χ0n) is 9.92. The molecule has 2 fully saturated rings. The molecule has 2 aliphatic carbocycles. The normalized spacial score (nSPS) is 34.4. The summed E-state index contributed by atoms with van der Waals surface area (Å²) in [4.78, 5) is 0. The standard InChI is InChI=1S/C12H23NO2/c1-14-6-5-13-8-11-7-12(11,9-15-2)10-3-4-10/h10-11,13H,3-9H2,1-2H3. The van der Waals surface area contributed by atoms with Crippen molar-refractivity contribution in [2.24, 2.45) is 17.3 Å². The molecule has 2 aliphatic rings. The van der Waals surface area contributed by atoms with Crippen molar-refractivity contribution in [3.63, 3.8) is 0 Å². The van der Waals surface area contributed by atoms with E-state index in [0.717, 1.165) is 38.1 Å². The molecule has 88 valence electrons. The molecule has 0 aliphatic heterocycles. The predicted octanol–water partition coefficient (Wildman–Crippen LogP) is 1.29. The number of hydrogen-bond acceptors (Lipinski definition) is 3. The molecule has 0 saturated heterocycles. The third-order valence-corrected chi connectivity index (χ3v) is 3.96. The first-order chi connectivity index (χ1) is 7.33. The zero-order chi connectivity index (χ0) is 10.7. The topological polar surface area (TPSA) is 30.5 Å². The van der Waals surface area contributed by atoms with Gasteiger partial charge in [0.15, 0.2) is 0 Å². The quantitative estimate of drug-likeness (QED) is 0.616. The number of nitrogens with one attached hydrogen (secondary N) is 1. The van der Waals surface area contributed by atoms with E-state index in [2.05, 4.69) is 5.32 Å². The van der Waals surface area contributed by atoms with Crippen molar-refractivity contribution in [3.05, 3.63) is 0 Å².